The maximum atomic E-state index is 12.9. The van der Waals surface area contributed by atoms with Gasteiger partial charge in [-0.05, 0) is 77.0 Å². The van der Waals surface area contributed by atoms with Gasteiger partial charge in [-0.25, -0.2) is 4.57 Å². The number of carbonyl (C=O) groups excluding carboxylic acids is 2. The van der Waals surface area contributed by atoms with Crippen LogP contribution in [-0.2, 0) is 32.7 Å². The summed E-state index contributed by atoms with van der Waals surface area (Å²) in [6.45, 7) is 4.48. The molecule has 0 saturated carbocycles. The second-order valence-electron chi connectivity index (χ2n) is 26.7. The van der Waals surface area contributed by atoms with Gasteiger partial charge >= 0.3 is 19.8 Å². The van der Waals surface area contributed by atoms with Gasteiger partial charge in [-0.1, -0.05) is 332 Å². The van der Waals surface area contributed by atoms with Crippen LogP contribution in [0.5, 0.6) is 0 Å². The van der Waals surface area contributed by atoms with Crippen LogP contribution in [0.2, 0.25) is 0 Å². The van der Waals surface area contributed by atoms with E-state index >= 15 is 0 Å². The number of phosphoric ester groups is 1. The number of hydrogen-bond acceptors (Lipinski definition) is 7. The Balaban J connectivity index is 3.97. The molecule has 0 amide bonds. The van der Waals surface area contributed by atoms with E-state index in [1.54, 1.807) is 0 Å². The molecule has 0 aliphatic rings. The minimum absolute atomic E-state index is 0.0340. The standard InChI is InChI=1S/C76H144NO8P/c1-6-8-10-12-14-16-18-20-22-24-26-28-30-32-34-36-38-40-42-44-46-48-50-52-54-56-58-60-62-64-66-68-75(78)82-72-74(73-84-86(80,81)83-71-70-77(3,4)5)85-76(79)69-67-65-63-61-59-57-55-53-51-49-47-45-43-41-39-37-35-33-31-29-27-25-23-21-19-17-15-13-11-9-7-2/h18-21,24-27,74H,6-17,22-23,28-73H2,1-5H3/p+1/b20-18-,21-19-,26-24-,27-25-. The highest BCUT2D eigenvalue weighted by Crippen LogP contribution is 2.43. The maximum Gasteiger partial charge on any atom is 0.472 e. The number of quaternary nitrogens is 1. The van der Waals surface area contributed by atoms with Gasteiger partial charge in [0.1, 0.15) is 19.8 Å². The van der Waals surface area contributed by atoms with Crippen molar-refractivity contribution in [1.29, 1.82) is 0 Å². The SMILES string of the molecule is CCCCCCC/C=C\C/C=C\CCCCCCCCCCCCCCCCCCCCCC(=O)OCC(COP(=O)(O)OCC[N+](C)(C)C)OC(=O)CCCCCCCCCCCCCCCCCCCCC/C=C\C/C=C\CCCCCCC. The van der Waals surface area contributed by atoms with E-state index in [1.165, 1.54) is 295 Å². The number of ether oxygens (including phenoxy) is 2. The zero-order valence-corrected chi connectivity index (χ0v) is 58.7. The number of likely N-dealkylation sites (N-methyl/N-ethyl adjacent to an activating group) is 1. The van der Waals surface area contributed by atoms with Crippen molar-refractivity contribution in [3.05, 3.63) is 48.6 Å². The third-order valence-corrected chi connectivity index (χ3v) is 17.8. The molecule has 0 fully saturated rings. The Morgan fingerprint density at radius 2 is 0.628 bits per heavy atom. The van der Waals surface area contributed by atoms with E-state index in [2.05, 4.69) is 62.5 Å². The molecule has 2 atom stereocenters. The summed E-state index contributed by atoms with van der Waals surface area (Å²) in [7, 11) is 1.50. The van der Waals surface area contributed by atoms with Crippen molar-refractivity contribution in [2.75, 3.05) is 47.5 Å². The lowest BCUT2D eigenvalue weighted by molar-refractivity contribution is -0.870. The normalized spacial score (nSPS) is 13.3. The van der Waals surface area contributed by atoms with Gasteiger partial charge in [0.25, 0.3) is 0 Å². The van der Waals surface area contributed by atoms with Gasteiger partial charge in [0.15, 0.2) is 6.10 Å². The molecule has 86 heavy (non-hydrogen) atoms. The molecule has 0 spiro atoms. The summed E-state index contributed by atoms with van der Waals surface area (Å²) in [5, 5.41) is 0. The molecule has 0 aromatic rings. The third kappa shape index (κ3) is 71.1. The summed E-state index contributed by atoms with van der Waals surface area (Å²) >= 11 is 0. The smallest absolute Gasteiger partial charge is 0.462 e. The Kier molecular flexibility index (Phi) is 65.8. The van der Waals surface area contributed by atoms with Gasteiger partial charge in [-0.3, -0.25) is 18.6 Å². The van der Waals surface area contributed by atoms with Crippen LogP contribution in [-0.4, -0.2) is 74.9 Å². The third-order valence-electron chi connectivity index (χ3n) is 16.8. The molecule has 0 aromatic carbocycles. The fourth-order valence-electron chi connectivity index (χ4n) is 11.1. The first kappa shape index (κ1) is 84.0. The fraction of sp³-hybridized carbons (Fsp3) is 0.868. The lowest BCUT2D eigenvalue weighted by atomic mass is 10.0. The summed E-state index contributed by atoms with van der Waals surface area (Å²) in [6, 6.07) is 0. The van der Waals surface area contributed by atoms with Gasteiger partial charge in [-0.15, -0.1) is 0 Å². The lowest BCUT2D eigenvalue weighted by Gasteiger charge is -2.24. The number of phosphoric acid groups is 1. The highest BCUT2D eigenvalue weighted by Gasteiger charge is 2.27. The lowest BCUT2D eigenvalue weighted by Crippen LogP contribution is -2.37. The predicted molar refractivity (Wildman–Crippen MR) is 372 cm³/mol. The van der Waals surface area contributed by atoms with Crippen LogP contribution >= 0.6 is 7.82 Å². The van der Waals surface area contributed by atoms with Crippen molar-refractivity contribution in [3.8, 4) is 0 Å². The molecule has 506 valence electrons. The largest absolute Gasteiger partial charge is 0.472 e. The molecule has 0 aliphatic heterocycles. The van der Waals surface area contributed by atoms with Crippen LogP contribution in [0.25, 0.3) is 0 Å². The van der Waals surface area contributed by atoms with E-state index in [-0.39, 0.29) is 25.6 Å². The number of rotatable bonds is 70. The first-order valence-corrected chi connectivity index (χ1v) is 38.9. The van der Waals surface area contributed by atoms with E-state index in [4.69, 9.17) is 18.5 Å². The number of carbonyl (C=O) groups is 2. The number of esters is 2. The molecule has 0 aliphatic carbocycles. The van der Waals surface area contributed by atoms with Gasteiger partial charge in [-0.2, -0.15) is 0 Å². The Morgan fingerprint density at radius 1 is 0.360 bits per heavy atom. The van der Waals surface area contributed by atoms with Crippen LogP contribution in [0.15, 0.2) is 48.6 Å². The van der Waals surface area contributed by atoms with Gasteiger partial charge in [0, 0.05) is 12.8 Å². The molecular weight excluding hydrogens is 1090 g/mol. The average molecular weight is 1230 g/mol. The second kappa shape index (κ2) is 67.4. The summed E-state index contributed by atoms with van der Waals surface area (Å²) in [6.07, 6.45) is 88.1. The van der Waals surface area contributed by atoms with Crippen LogP contribution in [0, 0.1) is 0 Å². The van der Waals surface area contributed by atoms with E-state index in [9.17, 15) is 19.0 Å². The highest BCUT2D eigenvalue weighted by molar-refractivity contribution is 7.47. The molecule has 10 heteroatoms. The zero-order valence-electron chi connectivity index (χ0n) is 57.8. The van der Waals surface area contributed by atoms with E-state index in [0.29, 0.717) is 23.9 Å². The number of nitrogens with zero attached hydrogens (tertiary/aromatic N) is 1. The minimum atomic E-state index is -4.39. The molecule has 0 rings (SSSR count). The van der Waals surface area contributed by atoms with E-state index < -0.39 is 26.5 Å². The van der Waals surface area contributed by atoms with Gasteiger partial charge in [0.05, 0.1) is 27.7 Å². The first-order valence-electron chi connectivity index (χ1n) is 37.4. The Labute approximate surface area is 534 Å². The summed E-state index contributed by atoms with van der Waals surface area (Å²) in [4.78, 5) is 35.9. The molecule has 0 aromatic heterocycles. The minimum Gasteiger partial charge on any atom is -0.462 e. The molecule has 0 heterocycles. The Bertz CT molecular complexity index is 1590. The molecule has 1 N–H and O–H groups in total. The molecule has 2 unspecified atom stereocenters. The highest BCUT2D eigenvalue weighted by atomic mass is 31.2. The average Bonchev–Trinajstić information content (AvgIpc) is 3.64. The van der Waals surface area contributed by atoms with Gasteiger partial charge in [0.2, 0.25) is 0 Å². The van der Waals surface area contributed by atoms with E-state index in [0.717, 1.165) is 44.9 Å². The molecule has 0 radical (unpaired) electrons. The van der Waals surface area contributed by atoms with Crippen LogP contribution in [0.3, 0.4) is 0 Å². The van der Waals surface area contributed by atoms with E-state index in [1.807, 2.05) is 21.1 Å². The number of allylic oxidation sites excluding steroid dienone is 8. The predicted octanol–water partition coefficient (Wildman–Crippen LogP) is 24.4. The van der Waals surface area contributed by atoms with Crippen molar-refractivity contribution < 1.29 is 42.1 Å². The second-order valence-corrected chi connectivity index (χ2v) is 28.1. The van der Waals surface area contributed by atoms with Crippen molar-refractivity contribution >= 4 is 19.8 Å². The zero-order chi connectivity index (χ0) is 62.6. The summed E-state index contributed by atoms with van der Waals surface area (Å²) in [5.74, 6) is -0.776. The summed E-state index contributed by atoms with van der Waals surface area (Å²) < 4.78 is 34.8. The van der Waals surface area contributed by atoms with Crippen LogP contribution in [0.4, 0.5) is 0 Å². The topological polar surface area (TPSA) is 108 Å². The van der Waals surface area contributed by atoms with Crippen molar-refractivity contribution in [2.24, 2.45) is 0 Å². The monoisotopic (exact) mass is 1230 g/mol. The Hall–Kier alpha value is -2.03. The molecule has 0 bridgehead atoms. The molecule has 0 saturated heterocycles. The van der Waals surface area contributed by atoms with Crippen molar-refractivity contribution in [1.82, 2.24) is 0 Å². The fourth-order valence-corrected chi connectivity index (χ4v) is 11.8. The van der Waals surface area contributed by atoms with Gasteiger partial charge < -0.3 is 18.9 Å². The van der Waals surface area contributed by atoms with Crippen molar-refractivity contribution in [3.63, 3.8) is 0 Å². The first-order chi connectivity index (χ1) is 42.0. The Morgan fingerprint density at radius 3 is 0.919 bits per heavy atom. The maximum absolute atomic E-state index is 12.9. The molecular formula is C76H145NO8P+. The number of unbranched alkanes of at least 4 members (excludes halogenated alkanes) is 48. The molecule has 9 nitrogen and oxygen atoms in total. The quantitative estimate of drug-likeness (QED) is 0.0211. The van der Waals surface area contributed by atoms with Crippen LogP contribution in [0.1, 0.15) is 373 Å². The summed E-state index contributed by atoms with van der Waals surface area (Å²) in [5.41, 5.74) is 0. The van der Waals surface area contributed by atoms with Crippen molar-refractivity contribution in [2.45, 2.75) is 380 Å². The number of hydrogen-bond donors (Lipinski definition) is 1. The van der Waals surface area contributed by atoms with Crippen LogP contribution < -0.4 is 0 Å².